The minimum absolute atomic E-state index is 0.00922. The van der Waals surface area contributed by atoms with Crippen LogP contribution < -0.4 is 10.6 Å². The molecule has 0 bridgehead atoms. The molecule has 4 nitrogen and oxygen atoms in total. The van der Waals surface area contributed by atoms with E-state index in [9.17, 15) is 4.79 Å². The van der Waals surface area contributed by atoms with Crippen molar-refractivity contribution in [1.82, 2.24) is 15.6 Å². The fourth-order valence-corrected chi connectivity index (χ4v) is 2.09. The van der Waals surface area contributed by atoms with Crippen molar-refractivity contribution in [3.8, 4) is 0 Å². The van der Waals surface area contributed by atoms with E-state index in [1.54, 1.807) is 6.20 Å². The first-order valence-electron chi connectivity index (χ1n) is 6.42. The van der Waals surface area contributed by atoms with Crippen LogP contribution in [0.1, 0.15) is 23.2 Å². The number of aromatic nitrogens is 1. The average molecular weight is 243 g/mol. The van der Waals surface area contributed by atoms with Gasteiger partial charge in [0, 0.05) is 36.2 Å². The highest BCUT2D eigenvalue weighted by Gasteiger charge is 2.19. The second-order valence-electron chi connectivity index (χ2n) is 4.73. The van der Waals surface area contributed by atoms with Gasteiger partial charge in [0.05, 0.1) is 5.56 Å². The van der Waals surface area contributed by atoms with E-state index in [1.165, 1.54) is 12.8 Å². The lowest BCUT2D eigenvalue weighted by Gasteiger charge is -2.05. The third-order valence-electron chi connectivity index (χ3n) is 3.25. The van der Waals surface area contributed by atoms with Gasteiger partial charge >= 0.3 is 0 Å². The Hall–Kier alpha value is -1.81. The van der Waals surface area contributed by atoms with E-state index < -0.39 is 0 Å². The molecule has 4 heteroatoms. The zero-order valence-corrected chi connectivity index (χ0v) is 10.2. The number of amides is 1. The summed E-state index contributed by atoms with van der Waals surface area (Å²) in [4.78, 5) is 15.1. The Morgan fingerprint density at radius 3 is 2.94 bits per heavy atom. The minimum atomic E-state index is -0.00922. The summed E-state index contributed by atoms with van der Waals surface area (Å²) in [6.07, 6.45) is 4.32. The molecule has 0 unspecified atom stereocenters. The van der Waals surface area contributed by atoms with Crippen LogP contribution in [-0.4, -0.2) is 30.0 Å². The molecule has 1 aliphatic rings. The fraction of sp³-hybridized carbons (Fsp3) is 0.357. The first kappa shape index (κ1) is 11.3. The molecule has 0 atom stereocenters. The maximum Gasteiger partial charge on any atom is 0.253 e. The molecular weight excluding hydrogens is 226 g/mol. The van der Waals surface area contributed by atoms with Crippen LogP contribution >= 0.6 is 0 Å². The molecule has 18 heavy (non-hydrogen) atoms. The standard InChI is InChI=1S/C14H17N3O/c18-14(16-8-7-15-10-5-6-10)12-9-17-13-4-2-1-3-11(12)13/h1-4,9-10,15,17H,5-8H2,(H,16,18). The van der Waals surface area contributed by atoms with Crippen molar-refractivity contribution < 1.29 is 4.79 Å². The normalized spacial score (nSPS) is 14.9. The summed E-state index contributed by atoms with van der Waals surface area (Å²) in [5.74, 6) is -0.00922. The van der Waals surface area contributed by atoms with Gasteiger partial charge in [-0.05, 0) is 18.9 Å². The van der Waals surface area contributed by atoms with Crippen LogP contribution in [0.25, 0.3) is 10.9 Å². The van der Waals surface area contributed by atoms with E-state index in [4.69, 9.17) is 0 Å². The van der Waals surface area contributed by atoms with E-state index in [0.717, 1.165) is 23.0 Å². The number of carbonyl (C=O) groups is 1. The number of hydrogen-bond acceptors (Lipinski definition) is 2. The Kier molecular flexibility index (Phi) is 3.02. The second kappa shape index (κ2) is 4.82. The molecule has 0 saturated heterocycles. The Morgan fingerprint density at radius 1 is 1.28 bits per heavy atom. The van der Waals surface area contributed by atoms with Gasteiger partial charge in [-0.2, -0.15) is 0 Å². The largest absolute Gasteiger partial charge is 0.360 e. The highest BCUT2D eigenvalue weighted by atomic mass is 16.1. The molecule has 0 radical (unpaired) electrons. The van der Waals surface area contributed by atoms with Crippen LogP contribution in [0.2, 0.25) is 0 Å². The highest BCUT2D eigenvalue weighted by molar-refractivity contribution is 6.06. The molecule has 1 aliphatic carbocycles. The molecule has 1 aromatic heterocycles. The summed E-state index contributed by atoms with van der Waals surface area (Å²) < 4.78 is 0. The quantitative estimate of drug-likeness (QED) is 0.699. The van der Waals surface area contributed by atoms with Gasteiger partial charge in [-0.3, -0.25) is 4.79 Å². The Morgan fingerprint density at radius 2 is 2.11 bits per heavy atom. The van der Waals surface area contributed by atoms with Crippen molar-refractivity contribution >= 4 is 16.8 Å². The van der Waals surface area contributed by atoms with Crippen LogP contribution in [-0.2, 0) is 0 Å². The second-order valence-corrected chi connectivity index (χ2v) is 4.73. The van der Waals surface area contributed by atoms with Crippen molar-refractivity contribution in [2.24, 2.45) is 0 Å². The molecule has 94 valence electrons. The lowest BCUT2D eigenvalue weighted by atomic mass is 10.1. The van der Waals surface area contributed by atoms with E-state index in [1.807, 2.05) is 24.3 Å². The Balaban J connectivity index is 1.60. The smallest absolute Gasteiger partial charge is 0.253 e. The molecule has 3 N–H and O–H groups in total. The van der Waals surface area contributed by atoms with Crippen molar-refractivity contribution in [3.05, 3.63) is 36.0 Å². The van der Waals surface area contributed by atoms with Gasteiger partial charge in [0.2, 0.25) is 0 Å². The third kappa shape index (κ3) is 2.38. The molecule has 1 aromatic carbocycles. The zero-order valence-electron chi connectivity index (χ0n) is 10.2. The van der Waals surface area contributed by atoms with Gasteiger partial charge in [-0.15, -0.1) is 0 Å². The van der Waals surface area contributed by atoms with Crippen LogP contribution in [0.3, 0.4) is 0 Å². The number of fused-ring (bicyclic) bond motifs is 1. The number of hydrogen-bond donors (Lipinski definition) is 3. The fourth-order valence-electron chi connectivity index (χ4n) is 2.09. The van der Waals surface area contributed by atoms with Gasteiger partial charge in [-0.1, -0.05) is 18.2 Å². The molecule has 0 aliphatic heterocycles. The van der Waals surface area contributed by atoms with Crippen LogP contribution in [0.15, 0.2) is 30.5 Å². The van der Waals surface area contributed by atoms with Crippen LogP contribution in [0, 0.1) is 0 Å². The van der Waals surface area contributed by atoms with Gasteiger partial charge < -0.3 is 15.6 Å². The lowest BCUT2D eigenvalue weighted by Crippen LogP contribution is -2.32. The predicted octanol–water partition coefficient (Wildman–Crippen LogP) is 1.65. The minimum Gasteiger partial charge on any atom is -0.360 e. The molecule has 2 aromatic rings. The molecule has 1 saturated carbocycles. The van der Waals surface area contributed by atoms with E-state index in [-0.39, 0.29) is 5.91 Å². The van der Waals surface area contributed by atoms with Crippen molar-refractivity contribution in [2.45, 2.75) is 18.9 Å². The Bertz CT molecular complexity index is 557. The maximum absolute atomic E-state index is 12.0. The summed E-state index contributed by atoms with van der Waals surface area (Å²) in [6, 6.07) is 8.53. The van der Waals surface area contributed by atoms with Gasteiger partial charge in [0.15, 0.2) is 0 Å². The number of H-pyrrole nitrogens is 1. The van der Waals surface area contributed by atoms with Crippen LogP contribution in [0.4, 0.5) is 0 Å². The summed E-state index contributed by atoms with van der Waals surface area (Å²) >= 11 is 0. The third-order valence-corrected chi connectivity index (χ3v) is 3.25. The van der Waals surface area contributed by atoms with Gasteiger partial charge in [-0.25, -0.2) is 0 Å². The van der Waals surface area contributed by atoms with Crippen LogP contribution in [0.5, 0.6) is 0 Å². The average Bonchev–Trinajstić information content (AvgIpc) is 3.11. The van der Waals surface area contributed by atoms with E-state index >= 15 is 0 Å². The lowest BCUT2D eigenvalue weighted by molar-refractivity contribution is 0.0955. The summed E-state index contributed by atoms with van der Waals surface area (Å²) in [7, 11) is 0. The van der Waals surface area contributed by atoms with Gasteiger partial charge in [0.25, 0.3) is 5.91 Å². The monoisotopic (exact) mass is 243 g/mol. The summed E-state index contributed by atoms with van der Waals surface area (Å²) in [6.45, 7) is 1.52. The topological polar surface area (TPSA) is 56.9 Å². The summed E-state index contributed by atoms with van der Waals surface area (Å²) in [5, 5.41) is 7.29. The number of para-hydroxylation sites is 1. The maximum atomic E-state index is 12.0. The molecule has 3 rings (SSSR count). The van der Waals surface area contributed by atoms with Gasteiger partial charge in [0.1, 0.15) is 0 Å². The number of nitrogens with one attached hydrogen (secondary N) is 3. The van der Waals surface area contributed by atoms with E-state index in [0.29, 0.717) is 12.6 Å². The highest BCUT2D eigenvalue weighted by Crippen LogP contribution is 2.18. The SMILES string of the molecule is O=C(NCCNC1CC1)c1c[nH]c2ccccc12. The first-order chi connectivity index (χ1) is 8.84. The number of rotatable bonds is 5. The number of carbonyl (C=O) groups excluding carboxylic acids is 1. The molecule has 0 spiro atoms. The molecule has 1 heterocycles. The molecule has 1 amide bonds. The van der Waals surface area contributed by atoms with Crippen molar-refractivity contribution in [1.29, 1.82) is 0 Å². The number of aromatic amines is 1. The Labute approximate surface area is 106 Å². The molecule has 1 fully saturated rings. The summed E-state index contributed by atoms with van der Waals surface area (Å²) in [5.41, 5.74) is 1.72. The number of benzene rings is 1. The first-order valence-corrected chi connectivity index (χ1v) is 6.42. The zero-order chi connectivity index (χ0) is 12.4. The van der Waals surface area contributed by atoms with Crippen molar-refractivity contribution in [2.75, 3.05) is 13.1 Å². The molecular formula is C14H17N3O. The van der Waals surface area contributed by atoms with E-state index in [2.05, 4.69) is 15.6 Å². The predicted molar refractivity (Wildman–Crippen MR) is 71.7 cm³/mol. The van der Waals surface area contributed by atoms with Crippen molar-refractivity contribution in [3.63, 3.8) is 0 Å².